The van der Waals surface area contributed by atoms with Crippen molar-refractivity contribution in [3.05, 3.63) is 48.0 Å². The van der Waals surface area contributed by atoms with Gasteiger partial charge in [-0.25, -0.2) is 0 Å². The van der Waals surface area contributed by atoms with Crippen molar-refractivity contribution < 1.29 is 4.79 Å². The predicted molar refractivity (Wildman–Crippen MR) is 88.0 cm³/mol. The molecule has 1 amide bonds. The molecular formula is C18H24N2O. The van der Waals surface area contributed by atoms with E-state index < -0.39 is 0 Å². The summed E-state index contributed by atoms with van der Waals surface area (Å²) in [5.74, 6) is 0.116. The van der Waals surface area contributed by atoms with E-state index >= 15 is 0 Å². The van der Waals surface area contributed by atoms with Gasteiger partial charge in [-0.15, -0.1) is 0 Å². The molecule has 2 aromatic carbocycles. The Morgan fingerprint density at radius 1 is 1.19 bits per heavy atom. The summed E-state index contributed by atoms with van der Waals surface area (Å²) >= 11 is 0. The molecule has 2 aromatic rings. The van der Waals surface area contributed by atoms with Crippen LogP contribution in [0.5, 0.6) is 0 Å². The lowest BCUT2D eigenvalue weighted by Gasteiger charge is -2.20. The molecule has 112 valence electrons. The third kappa shape index (κ3) is 3.82. The molecule has 3 N–H and O–H groups in total. The summed E-state index contributed by atoms with van der Waals surface area (Å²) in [6.07, 6.45) is 1.92. The lowest BCUT2D eigenvalue weighted by Crippen LogP contribution is -2.36. The SMILES string of the molecule is CCCC(C)C(=O)NC(CN)c1ccc2ccccc2c1. The number of nitrogens with two attached hydrogens (primary N) is 1. The Morgan fingerprint density at radius 3 is 2.57 bits per heavy atom. The van der Waals surface area contributed by atoms with Crippen LogP contribution < -0.4 is 11.1 Å². The predicted octanol–water partition coefficient (Wildman–Crippen LogP) is 3.39. The Hall–Kier alpha value is -1.87. The lowest BCUT2D eigenvalue weighted by atomic mass is 10.00. The fraction of sp³-hybridized carbons (Fsp3) is 0.389. The van der Waals surface area contributed by atoms with E-state index in [0.717, 1.165) is 18.4 Å². The first-order valence-corrected chi connectivity index (χ1v) is 7.64. The smallest absolute Gasteiger partial charge is 0.223 e. The minimum absolute atomic E-state index is 0.0320. The quantitative estimate of drug-likeness (QED) is 0.854. The number of nitrogens with one attached hydrogen (secondary N) is 1. The van der Waals surface area contributed by atoms with Gasteiger partial charge >= 0.3 is 0 Å². The third-order valence-electron chi connectivity index (χ3n) is 3.90. The van der Waals surface area contributed by atoms with Crippen LogP contribution in [-0.4, -0.2) is 12.5 Å². The third-order valence-corrected chi connectivity index (χ3v) is 3.90. The van der Waals surface area contributed by atoms with Crippen LogP contribution in [-0.2, 0) is 4.79 Å². The second-order valence-corrected chi connectivity index (χ2v) is 5.59. The van der Waals surface area contributed by atoms with Gasteiger partial charge in [0.2, 0.25) is 5.91 Å². The average Bonchev–Trinajstić information content (AvgIpc) is 2.52. The Balaban J connectivity index is 2.17. The number of carbonyl (C=O) groups is 1. The van der Waals surface area contributed by atoms with Gasteiger partial charge in [0.25, 0.3) is 0 Å². The van der Waals surface area contributed by atoms with Crippen LogP contribution in [0.2, 0.25) is 0 Å². The van der Waals surface area contributed by atoms with Gasteiger partial charge in [0, 0.05) is 12.5 Å². The molecular weight excluding hydrogens is 260 g/mol. The van der Waals surface area contributed by atoms with Crippen LogP contribution in [0.4, 0.5) is 0 Å². The van der Waals surface area contributed by atoms with Gasteiger partial charge in [-0.05, 0) is 28.8 Å². The van der Waals surface area contributed by atoms with Crippen molar-refractivity contribution in [3.8, 4) is 0 Å². The normalized spacial score (nSPS) is 13.9. The van der Waals surface area contributed by atoms with E-state index in [2.05, 4.69) is 36.5 Å². The standard InChI is InChI=1S/C18H24N2O/c1-3-6-13(2)18(21)20-17(12-19)16-10-9-14-7-4-5-8-15(14)11-16/h4-5,7-11,13,17H,3,6,12,19H2,1-2H3,(H,20,21). The number of rotatable bonds is 6. The molecule has 0 aromatic heterocycles. The number of benzene rings is 2. The molecule has 0 saturated heterocycles. The van der Waals surface area contributed by atoms with Crippen LogP contribution in [0.15, 0.2) is 42.5 Å². The highest BCUT2D eigenvalue weighted by Gasteiger charge is 2.17. The van der Waals surface area contributed by atoms with E-state index in [0.29, 0.717) is 6.54 Å². The molecule has 0 fully saturated rings. The van der Waals surface area contributed by atoms with Crippen molar-refractivity contribution in [1.82, 2.24) is 5.32 Å². The summed E-state index contributed by atoms with van der Waals surface area (Å²) in [4.78, 5) is 12.2. The molecule has 0 spiro atoms. The summed E-state index contributed by atoms with van der Waals surface area (Å²) in [6.45, 7) is 4.46. The highest BCUT2D eigenvalue weighted by molar-refractivity contribution is 5.83. The topological polar surface area (TPSA) is 55.1 Å². The van der Waals surface area contributed by atoms with Gasteiger partial charge in [0.15, 0.2) is 0 Å². The maximum Gasteiger partial charge on any atom is 0.223 e. The van der Waals surface area contributed by atoms with Gasteiger partial charge < -0.3 is 11.1 Å². The number of hydrogen-bond donors (Lipinski definition) is 2. The van der Waals surface area contributed by atoms with Crippen molar-refractivity contribution in [2.24, 2.45) is 11.7 Å². The number of fused-ring (bicyclic) bond motifs is 1. The summed E-state index contributed by atoms with van der Waals surface area (Å²) in [5, 5.41) is 5.44. The first-order chi connectivity index (χ1) is 10.2. The molecule has 3 nitrogen and oxygen atoms in total. The molecule has 0 aliphatic heterocycles. The first-order valence-electron chi connectivity index (χ1n) is 7.64. The summed E-state index contributed by atoms with van der Waals surface area (Å²) in [5.41, 5.74) is 6.92. The largest absolute Gasteiger partial charge is 0.348 e. The van der Waals surface area contributed by atoms with Crippen molar-refractivity contribution in [2.45, 2.75) is 32.7 Å². The summed E-state index contributed by atoms with van der Waals surface area (Å²) in [7, 11) is 0. The first kappa shape index (κ1) is 15.5. The van der Waals surface area contributed by atoms with E-state index in [1.807, 2.05) is 25.1 Å². The van der Waals surface area contributed by atoms with Crippen LogP contribution in [0.25, 0.3) is 10.8 Å². The van der Waals surface area contributed by atoms with Crippen molar-refractivity contribution in [2.75, 3.05) is 6.54 Å². The lowest BCUT2D eigenvalue weighted by molar-refractivity contribution is -0.125. The summed E-state index contributed by atoms with van der Waals surface area (Å²) in [6, 6.07) is 14.3. The van der Waals surface area contributed by atoms with Crippen molar-refractivity contribution >= 4 is 16.7 Å². The van der Waals surface area contributed by atoms with E-state index in [1.54, 1.807) is 0 Å². The van der Waals surface area contributed by atoms with Crippen LogP contribution in [0.1, 0.15) is 38.3 Å². The van der Waals surface area contributed by atoms with E-state index in [4.69, 9.17) is 5.73 Å². The minimum atomic E-state index is -0.124. The zero-order valence-corrected chi connectivity index (χ0v) is 12.8. The fourth-order valence-electron chi connectivity index (χ4n) is 2.58. The van der Waals surface area contributed by atoms with Crippen LogP contribution in [0.3, 0.4) is 0 Å². The van der Waals surface area contributed by atoms with Gasteiger partial charge in [0.1, 0.15) is 0 Å². The number of carbonyl (C=O) groups excluding carboxylic acids is 1. The average molecular weight is 284 g/mol. The molecule has 0 aliphatic rings. The molecule has 0 saturated carbocycles. The van der Waals surface area contributed by atoms with Gasteiger partial charge in [-0.3, -0.25) is 4.79 Å². The molecule has 0 radical (unpaired) electrons. The Bertz CT molecular complexity index is 609. The minimum Gasteiger partial charge on any atom is -0.348 e. The molecule has 21 heavy (non-hydrogen) atoms. The second-order valence-electron chi connectivity index (χ2n) is 5.59. The zero-order valence-electron chi connectivity index (χ0n) is 12.8. The molecule has 0 heterocycles. The number of amides is 1. The molecule has 2 atom stereocenters. The second kappa shape index (κ2) is 7.23. The van der Waals surface area contributed by atoms with E-state index in [1.165, 1.54) is 10.8 Å². The molecule has 2 rings (SSSR count). The molecule has 2 unspecified atom stereocenters. The molecule has 3 heteroatoms. The highest BCUT2D eigenvalue weighted by Crippen LogP contribution is 2.20. The Labute approximate surface area is 126 Å². The molecule has 0 aliphatic carbocycles. The monoisotopic (exact) mass is 284 g/mol. The Morgan fingerprint density at radius 2 is 1.90 bits per heavy atom. The van der Waals surface area contributed by atoms with Crippen molar-refractivity contribution in [1.29, 1.82) is 0 Å². The van der Waals surface area contributed by atoms with Crippen molar-refractivity contribution in [3.63, 3.8) is 0 Å². The van der Waals surface area contributed by atoms with Crippen LogP contribution >= 0.6 is 0 Å². The fourth-order valence-corrected chi connectivity index (χ4v) is 2.58. The van der Waals surface area contributed by atoms with Gasteiger partial charge in [0.05, 0.1) is 6.04 Å². The zero-order chi connectivity index (χ0) is 15.2. The van der Waals surface area contributed by atoms with Gasteiger partial charge in [-0.1, -0.05) is 56.7 Å². The Kier molecular flexibility index (Phi) is 5.34. The molecule has 0 bridgehead atoms. The maximum absolute atomic E-state index is 12.2. The number of hydrogen-bond acceptors (Lipinski definition) is 2. The van der Waals surface area contributed by atoms with Gasteiger partial charge in [-0.2, -0.15) is 0 Å². The highest BCUT2D eigenvalue weighted by atomic mass is 16.1. The van der Waals surface area contributed by atoms with E-state index in [9.17, 15) is 4.79 Å². The summed E-state index contributed by atoms with van der Waals surface area (Å²) < 4.78 is 0. The van der Waals surface area contributed by atoms with E-state index in [-0.39, 0.29) is 17.9 Å². The maximum atomic E-state index is 12.2. The van der Waals surface area contributed by atoms with Crippen LogP contribution in [0, 0.1) is 5.92 Å².